The van der Waals surface area contributed by atoms with Gasteiger partial charge in [0, 0.05) is 15.7 Å². The lowest BCUT2D eigenvalue weighted by Crippen LogP contribution is -2.18. The van der Waals surface area contributed by atoms with Crippen LogP contribution in [0.3, 0.4) is 0 Å². The van der Waals surface area contributed by atoms with Crippen molar-refractivity contribution in [1.29, 1.82) is 5.26 Å². The Bertz CT molecular complexity index is 899. The van der Waals surface area contributed by atoms with Crippen LogP contribution in [0.4, 0.5) is 10.5 Å². The van der Waals surface area contributed by atoms with E-state index in [0.29, 0.717) is 34.1 Å². The molecular formula is C20H19BrN2O5S. The normalized spacial score (nSPS) is 11.2. The molecule has 2 aromatic rings. The lowest BCUT2D eigenvalue weighted by Gasteiger charge is -2.20. The van der Waals surface area contributed by atoms with Gasteiger partial charge in [-0.05, 0) is 55.3 Å². The number of carbonyl (C=O) groups excluding carboxylic acids is 2. The number of anilines is 1. The molecule has 152 valence electrons. The average Bonchev–Trinajstić information content (AvgIpc) is 2.72. The van der Waals surface area contributed by atoms with Crippen LogP contribution in [-0.4, -0.2) is 29.5 Å². The standard InChI is InChI=1S/C20H19BrN2O5S/c21-14-5-8-17(24)16(10-14)18(2-1-9-27-19(25)12-29)28-20(26)23-15-6-3-13(11-22)4-7-15/h3-8,10,18,24,29H,1-2,9,12H2,(H,23,26)/t18-/m1/s1. The summed E-state index contributed by atoms with van der Waals surface area (Å²) in [6, 6.07) is 13.1. The first-order valence-corrected chi connectivity index (χ1v) is 10.1. The van der Waals surface area contributed by atoms with Crippen LogP contribution in [0.1, 0.15) is 30.1 Å². The maximum atomic E-state index is 12.3. The number of thiol groups is 1. The van der Waals surface area contributed by atoms with E-state index in [1.165, 1.54) is 6.07 Å². The van der Waals surface area contributed by atoms with Crippen LogP contribution in [0.25, 0.3) is 0 Å². The smallest absolute Gasteiger partial charge is 0.412 e. The highest BCUT2D eigenvalue weighted by atomic mass is 79.9. The maximum absolute atomic E-state index is 12.3. The molecule has 0 spiro atoms. The number of phenolic OH excluding ortho intramolecular Hbond substituents is 1. The zero-order valence-electron chi connectivity index (χ0n) is 15.3. The second-order valence-electron chi connectivity index (χ2n) is 5.93. The van der Waals surface area contributed by atoms with E-state index in [4.69, 9.17) is 14.7 Å². The van der Waals surface area contributed by atoms with Gasteiger partial charge in [0.2, 0.25) is 0 Å². The van der Waals surface area contributed by atoms with Gasteiger partial charge in [-0.15, -0.1) is 0 Å². The molecular weight excluding hydrogens is 460 g/mol. The monoisotopic (exact) mass is 478 g/mol. The number of amides is 1. The number of halogens is 1. The van der Waals surface area contributed by atoms with Crippen LogP contribution >= 0.6 is 28.6 Å². The van der Waals surface area contributed by atoms with Gasteiger partial charge >= 0.3 is 12.1 Å². The summed E-state index contributed by atoms with van der Waals surface area (Å²) in [6.45, 7) is 0.144. The van der Waals surface area contributed by atoms with Crippen LogP contribution in [0.15, 0.2) is 46.9 Å². The van der Waals surface area contributed by atoms with E-state index >= 15 is 0 Å². The summed E-state index contributed by atoms with van der Waals surface area (Å²) in [5.41, 5.74) is 1.36. The Morgan fingerprint density at radius 3 is 2.62 bits per heavy atom. The van der Waals surface area contributed by atoms with E-state index in [1.54, 1.807) is 36.4 Å². The Morgan fingerprint density at radius 1 is 1.24 bits per heavy atom. The van der Waals surface area contributed by atoms with Crippen LogP contribution in [-0.2, 0) is 14.3 Å². The molecule has 0 radical (unpaired) electrons. The predicted molar refractivity (Wildman–Crippen MR) is 114 cm³/mol. The topological polar surface area (TPSA) is 109 Å². The first-order chi connectivity index (χ1) is 13.9. The van der Waals surface area contributed by atoms with Gasteiger partial charge in [-0.1, -0.05) is 15.9 Å². The summed E-state index contributed by atoms with van der Waals surface area (Å²) < 4.78 is 11.2. The fourth-order valence-electron chi connectivity index (χ4n) is 2.47. The number of esters is 1. The molecule has 1 atom stereocenters. The molecule has 0 saturated heterocycles. The molecule has 7 nitrogen and oxygen atoms in total. The Labute approximate surface area is 182 Å². The molecule has 0 fully saturated rings. The van der Waals surface area contributed by atoms with Crippen LogP contribution in [0, 0.1) is 11.3 Å². The quantitative estimate of drug-likeness (QED) is 0.291. The molecule has 0 aliphatic heterocycles. The fourth-order valence-corrected chi connectivity index (χ4v) is 2.94. The number of aromatic hydroxyl groups is 1. The van der Waals surface area contributed by atoms with E-state index in [1.807, 2.05) is 6.07 Å². The Hall–Kier alpha value is -2.70. The lowest BCUT2D eigenvalue weighted by atomic mass is 10.0. The summed E-state index contributed by atoms with van der Waals surface area (Å²) in [4.78, 5) is 23.5. The zero-order chi connectivity index (χ0) is 21.2. The molecule has 0 bridgehead atoms. The van der Waals surface area contributed by atoms with Gasteiger partial charge in [-0.25, -0.2) is 4.79 Å². The molecule has 0 aromatic heterocycles. The van der Waals surface area contributed by atoms with Crippen molar-refractivity contribution in [2.75, 3.05) is 17.7 Å². The highest BCUT2D eigenvalue weighted by Crippen LogP contribution is 2.33. The van der Waals surface area contributed by atoms with Gasteiger partial charge in [0.15, 0.2) is 0 Å². The Morgan fingerprint density at radius 2 is 1.97 bits per heavy atom. The van der Waals surface area contributed by atoms with Gasteiger partial charge in [0.1, 0.15) is 11.9 Å². The number of nitrogens with one attached hydrogen (secondary N) is 1. The lowest BCUT2D eigenvalue weighted by molar-refractivity contribution is -0.140. The van der Waals surface area contributed by atoms with E-state index in [2.05, 4.69) is 33.9 Å². The molecule has 2 rings (SSSR count). The number of nitrogens with zero attached hydrogens (tertiary/aromatic N) is 1. The first kappa shape index (κ1) is 22.6. The minimum atomic E-state index is -0.763. The minimum Gasteiger partial charge on any atom is -0.508 e. The number of ether oxygens (including phenoxy) is 2. The van der Waals surface area contributed by atoms with Crippen molar-refractivity contribution in [1.82, 2.24) is 0 Å². The molecule has 1 amide bonds. The average molecular weight is 479 g/mol. The second-order valence-corrected chi connectivity index (χ2v) is 7.16. The Balaban J connectivity index is 2.07. The van der Waals surface area contributed by atoms with Crippen molar-refractivity contribution in [3.8, 4) is 11.8 Å². The number of nitriles is 1. The highest BCUT2D eigenvalue weighted by molar-refractivity contribution is 9.10. The fraction of sp³-hybridized carbons (Fsp3) is 0.250. The number of phenols is 1. The molecule has 0 unspecified atom stereocenters. The van der Waals surface area contributed by atoms with Crippen molar-refractivity contribution >= 4 is 46.3 Å². The van der Waals surface area contributed by atoms with Crippen LogP contribution in [0.2, 0.25) is 0 Å². The Kier molecular flexibility index (Phi) is 8.83. The molecule has 0 saturated carbocycles. The largest absolute Gasteiger partial charge is 0.508 e. The van der Waals surface area contributed by atoms with Gasteiger partial charge in [-0.2, -0.15) is 17.9 Å². The summed E-state index contributed by atoms with van der Waals surface area (Å²) in [5.74, 6) is -0.467. The summed E-state index contributed by atoms with van der Waals surface area (Å²) in [7, 11) is 0. The van der Waals surface area contributed by atoms with E-state index < -0.39 is 18.2 Å². The highest BCUT2D eigenvalue weighted by Gasteiger charge is 2.21. The van der Waals surface area contributed by atoms with Crippen molar-refractivity contribution in [3.63, 3.8) is 0 Å². The molecule has 0 heterocycles. The van der Waals surface area contributed by atoms with Crippen molar-refractivity contribution in [2.45, 2.75) is 18.9 Å². The molecule has 2 aromatic carbocycles. The molecule has 29 heavy (non-hydrogen) atoms. The van der Waals surface area contributed by atoms with Crippen molar-refractivity contribution in [2.24, 2.45) is 0 Å². The second kappa shape index (κ2) is 11.3. The summed E-state index contributed by atoms with van der Waals surface area (Å²) >= 11 is 7.17. The minimum absolute atomic E-state index is 0.0145. The van der Waals surface area contributed by atoms with Crippen LogP contribution in [0.5, 0.6) is 5.75 Å². The van der Waals surface area contributed by atoms with Gasteiger partial charge < -0.3 is 14.6 Å². The van der Waals surface area contributed by atoms with Gasteiger partial charge in [-0.3, -0.25) is 10.1 Å². The first-order valence-electron chi connectivity index (χ1n) is 8.65. The van der Waals surface area contributed by atoms with E-state index in [0.717, 1.165) is 0 Å². The number of benzene rings is 2. The molecule has 9 heteroatoms. The van der Waals surface area contributed by atoms with E-state index in [-0.39, 0.29) is 18.1 Å². The molecule has 0 aliphatic carbocycles. The third kappa shape index (κ3) is 7.33. The molecule has 0 aliphatic rings. The zero-order valence-corrected chi connectivity index (χ0v) is 17.8. The predicted octanol–water partition coefficient (Wildman–Crippen LogP) is 4.57. The van der Waals surface area contributed by atoms with Crippen LogP contribution < -0.4 is 5.32 Å². The van der Waals surface area contributed by atoms with Crippen molar-refractivity contribution < 1.29 is 24.2 Å². The number of rotatable bonds is 8. The number of carbonyl (C=O) groups is 2. The maximum Gasteiger partial charge on any atom is 0.412 e. The summed E-state index contributed by atoms with van der Waals surface area (Å²) in [6.07, 6.45) is -0.739. The van der Waals surface area contributed by atoms with Crippen molar-refractivity contribution in [3.05, 3.63) is 58.1 Å². The van der Waals surface area contributed by atoms with E-state index in [9.17, 15) is 14.7 Å². The third-order valence-electron chi connectivity index (χ3n) is 3.85. The summed E-state index contributed by atoms with van der Waals surface area (Å²) in [5, 5.41) is 21.6. The number of hydrogen-bond acceptors (Lipinski definition) is 7. The molecule has 2 N–H and O–H groups in total. The van der Waals surface area contributed by atoms with Gasteiger partial charge in [0.25, 0.3) is 0 Å². The SMILES string of the molecule is N#Cc1ccc(NC(=O)O[C@H](CCCOC(=O)CS)c2cc(Br)ccc2O)cc1. The number of hydrogen-bond donors (Lipinski definition) is 3. The van der Waals surface area contributed by atoms with Gasteiger partial charge in [0.05, 0.1) is 24.0 Å². The third-order valence-corrected chi connectivity index (χ3v) is 4.60.